The van der Waals surface area contributed by atoms with E-state index in [1.54, 1.807) is 37.5 Å². The standard InChI is InChI=1S/C22H24N4O3S/c1-15-8-11-26(12-9-15)30(28,29)16-6-7-19-17(13-16)18(22(27)23-2)14-21(25-19)20-5-3-4-10-24-20/h3-7,10,13-15H,8-9,11-12H2,1-2H3,(H,23,27). The number of fused-ring (bicyclic) bond motifs is 1. The number of hydrogen-bond acceptors (Lipinski definition) is 5. The smallest absolute Gasteiger partial charge is 0.251 e. The number of carbonyl (C=O) groups is 1. The van der Waals surface area contributed by atoms with Crippen LogP contribution in [0.25, 0.3) is 22.3 Å². The van der Waals surface area contributed by atoms with Crippen LogP contribution < -0.4 is 5.32 Å². The summed E-state index contributed by atoms with van der Waals surface area (Å²) in [6.07, 6.45) is 3.37. The molecule has 0 unspecified atom stereocenters. The lowest BCUT2D eigenvalue weighted by atomic mass is 10.0. The van der Waals surface area contributed by atoms with Gasteiger partial charge in [0.1, 0.15) is 0 Å². The van der Waals surface area contributed by atoms with Crippen LogP contribution in [0.2, 0.25) is 0 Å². The van der Waals surface area contributed by atoms with Crippen LogP contribution in [0, 0.1) is 5.92 Å². The molecular formula is C22H24N4O3S. The quantitative estimate of drug-likeness (QED) is 0.695. The summed E-state index contributed by atoms with van der Waals surface area (Å²) in [5, 5.41) is 3.13. The highest BCUT2D eigenvalue weighted by Gasteiger charge is 2.28. The van der Waals surface area contributed by atoms with E-state index in [0.29, 0.717) is 46.9 Å². The van der Waals surface area contributed by atoms with Crippen LogP contribution in [0.3, 0.4) is 0 Å². The van der Waals surface area contributed by atoms with Gasteiger partial charge in [-0.05, 0) is 55.2 Å². The number of piperidine rings is 1. The third-order valence-electron chi connectivity index (χ3n) is 5.56. The average molecular weight is 425 g/mol. The van der Waals surface area contributed by atoms with Crippen molar-refractivity contribution in [1.82, 2.24) is 19.6 Å². The van der Waals surface area contributed by atoms with Crippen molar-refractivity contribution < 1.29 is 13.2 Å². The highest BCUT2D eigenvalue weighted by atomic mass is 32.2. The molecule has 8 heteroatoms. The molecule has 0 spiro atoms. The topological polar surface area (TPSA) is 92.3 Å². The Morgan fingerprint density at radius 1 is 1.10 bits per heavy atom. The molecule has 0 radical (unpaired) electrons. The van der Waals surface area contributed by atoms with Gasteiger partial charge in [-0.25, -0.2) is 13.4 Å². The van der Waals surface area contributed by atoms with Crippen molar-refractivity contribution in [2.75, 3.05) is 20.1 Å². The number of amides is 1. The fraction of sp³-hybridized carbons (Fsp3) is 0.318. The number of rotatable bonds is 4. The van der Waals surface area contributed by atoms with Gasteiger partial charge < -0.3 is 5.32 Å². The van der Waals surface area contributed by atoms with Gasteiger partial charge in [-0.15, -0.1) is 0 Å². The first kappa shape index (κ1) is 20.4. The third kappa shape index (κ3) is 3.80. The van der Waals surface area contributed by atoms with Crippen molar-refractivity contribution in [3.05, 3.63) is 54.2 Å². The van der Waals surface area contributed by atoms with Crippen molar-refractivity contribution in [3.63, 3.8) is 0 Å². The summed E-state index contributed by atoms with van der Waals surface area (Å²) in [6, 6.07) is 11.9. The minimum Gasteiger partial charge on any atom is -0.355 e. The maximum Gasteiger partial charge on any atom is 0.251 e. The molecule has 1 aliphatic heterocycles. The van der Waals surface area contributed by atoms with Crippen LogP contribution in [-0.4, -0.2) is 48.7 Å². The number of nitrogens with one attached hydrogen (secondary N) is 1. The molecule has 156 valence electrons. The summed E-state index contributed by atoms with van der Waals surface area (Å²) in [7, 11) is -2.08. The minimum atomic E-state index is -3.63. The van der Waals surface area contributed by atoms with Crippen molar-refractivity contribution in [2.45, 2.75) is 24.7 Å². The Bertz CT molecular complexity index is 1190. The van der Waals surface area contributed by atoms with E-state index < -0.39 is 10.0 Å². The molecule has 30 heavy (non-hydrogen) atoms. The van der Waals surface area contributed by atoms with E-state index in [-0.39, 0.29) is 10.8 Å². The molecular weight excluding hydrogens is 400 g/mol. The fourth-order valence-electron chi connectivity index (χ4n) is 3.71. The Labute approximate surface area is 176 Å². The zero-order chi connectivity index (χ0) is 21.3. The zero-order valence-electron chi connectivity index (χ0n) is 17.0. The average Bonchev–Trinajstić information content (AvgIpc) is 2.78. The van der Waals surface area contributed by atoms with E-state index in [0.717, 1.165) is 12.8 Å². The zero-order valence-corrected chi connectivity index (χ0v) is 17.8. The molecule has 2 aromatic heterocycles. The summed E-state index contributed by atoms with van der Waals surface area (Å²) in [4.78, 5) is 21.7. The maximum atomic E-state index is 13.2. The van der Waals surface area contributed by atoms with Gasteiger partial charge in [0.25, 0.3) is 5.91 Å². The summed E-state index contributed by atoms with van der Waals surface area (Å²) in [5.41, 5.74) is 2.11. The SMILES string of the molecule is CNC(=O)c1cc(-c2ccccn2)nc2ccc(S(=O)(=O)N3CCC(C)CC3)cc12. The number of nitrogens with zero attached hydrogens (tertiary/aromatic N) is 3. The van der Waals surface area contributed by atoms with Gasteiger partial charge >= 0.3 is 0 Å². The number of aromatic nitrogens is 2. The molecule has 3 aromatic rings. The summed E-state index contributed by atoms with van der Waals surface area (Å²) in [6.45, 7) is 3.17. The van der Waals surface area contributed by atoms with Gasteiger partial charge in [0.05, 0.1) is 27.4 Å². The van der Waals surface area contributed by atoms with Crippen LogP contribution in [0.5, 0.6) is 0 Å². The van der Waals surface area contributed by atoms with Gasteiger partial charge in [-0.1, -0.05) is 13.0 Å². The van der Waals surface area contributed by atoms with Crippen molar-refractivity contribution >= 4 is 26.8 Å². The van der Waals surface area contributed by atoms with E-state index in [1.165, 1.54) is 4.31 Å². The lowest BCUT2D eigenvalue weighted by Crippen LogP contribution is -2.37. The van der Waals surface area contributed by atoms with Crippen LogP contribution in [-0.2, 0) is 10.0 Å². The fourth-order valence-corrected chi connectivity index (χ4v) is 5.20. The van der Waals surface area contributed by atoms with Crippen molar-refractivity contribution in [1.29, 1.82) is 0 Å². The molecule has 0 atom stereocenters. The lowest BCUT2D eigenvalue weighted by Gasteiger charge is -2.29. The van der Waals surface area contributed by atoms with E-state index in [2.05, 4.69) is 22.2 Å². The molecule has 0 bridgehead atoms. The normalized spacial score (nSPS) is 15.9. The number of carbonyl (C=O) groups excluding carboxylic acids is 1. The van der Waals surface area contributed by atoms with Gasteiger partial charge in [0, 0.05) is 31.7 Å². The first-order valence-electron chi connectivity index (χ1n) is 9.98. The lowest BCUT2D eigenvalue weighted by molar-refractivity contribution is 0.0964. The third-order valence-corrected chi connectivity index (χ3v) is 7.45. The highest BCUT2D eigenvalue weighted by molar-refractivity contribution is 7.89. The molecule has 1 amide bonds. The Hall–Kier alpha value is -2.84. The molecule has 1 fully saturated rings. The molecule has 4 rings (SSSR count). The predicted octanol–water partition coefficient (Wildman–Crippen LogP) is 3.08. The molecule has 1 saturated heterocycles. The first-order chi connectivity index (χ1) is 14.4. The van der Waals surface area contributed by atoms with Crippen LogP contribution in [0.4, 0.5) is 0 Å². The second kappa shape index (κ2) is 8.12. The molecule has 7 nitrogen and oxygen atoms in total. The number of sulfonamides is 1. The molecule has 1 aliphatic rings. The Morgan fingerprint density at radius 2 is 1.87 bits per heavy atom. The van der Waals surface area contributed by atoms with Crippen LogP contribution in [0.15, 0.2) is 53.6 Å². The molecule has 3 heterocycles. The van der Waals surface area contributed by atoms with Crippen molar-refractivity contribution in [3.8, 4) is 11.4 Å². The Balaban J connectivity index is 1.83. The van der Waals surface area contributed by atoms with Crippen LogP contribution in [0.1, 0.15) is 30.1 Å². The monoisotopic (exact) mass is 424 g/mol. The number of pyridine rings is 2. The first-order valence-corrected chi connectivity index (χ1v) is 11.4. The number of benzene rings is 1. The predicted molar refractivity (Wildman–Crippen MR) is 116 cm³/mol. The summed E-state index contributed by atoms with van der Waals surface area (Å²) in [5.74, 6) is 0.225. The van der Waals surface area contributed by atoms with E-state index in [1.807, 2.05) is 18.2 Å². The molecule has 0 saturated carbocycles. The second-order valence-corrected chi connectivity index (χ2v) is 9.55. The Morgan fingerprint density at radius 3 is 2.53 bits per heavy atom. The van der Waals surface area contributed by atoms with E-state index >= 15 is 0 Å². The number of hydrogen-bond donors (Lipinski definition) is 1. The van der Waals surface area contributed by atoms with Crippen LogP contribution >= 0.6 is 0 Å². The largest absolute Gasteiger partial charge is 0.355 e. The highest BCUT2D eigenvalue weighted by Crippen LogP contribution is 2.29. The van der Waals surface area contributed by atoms with E-state index in [4.69, 9.17) is 0 Å². The van der Waals surface area contributed by atoms with Gasteiger partial charge in [-0.3, -0.25) is 9.78 Å². The summed E-state index contributed by atoms with van der Waals surface area (Å²) >= 11 is 0. The van der Waals surface area contributed by atoms with Gasteiger partial charge in [0.2, 0.25) is 10.0 Å². The molecule has 1 N–H and O–H groups in total. The molecule has 0 aliphatic carbocycles. The maximum absolute atomic E-state index is 13.2. The van der Waals surface area contributed by atoms with Gasteiger partial charge in [0.15, 0.2) is 0 Å². The van der Waals surface area contributed by atoms with Crippen molar-refractivity contribution in [2.24, 2.45) is 5.92 Å². The summed E-state index contributed by atoms with van der Waals surface area (Å²) < 4.78 is 27.9. The molecule has 1 aromatic carbocycles. The Kier molecular flexibility index (Phi) is 5.53. The van der Waals surface area contributed by atoms with E-state index in [9.17, 15) is 13.2 Å². The minimum absolute atomic E-state index is 0.182. The second-order valence-electron chi connectivity index (χ2n) is 7.61. The van der Waals surface area contributed by atoms with Gasteiger partial charge in [-0.2, -0.15) is 4.31 Å².